The Morgan fingerprint density at radius 3 is 2.55 bits per heavy atom. The summed E-state index contributed by atoms with van der Waals surface area (Å²) in [4.78, 5) is 8.63. The zero-order valence-corrected chi connectivity index (χ0v) is 12.3. The molecule has 0 aliphatic heterocycles. The Labute approximate surface area is 120 Å². The summed E-state index contributed by atoms with van der Waals surface area (Å²) in [6.07, 6.45) is 2.81. The van der Waals surface area contributed by atoms with E-state index in [9.17, 15) is 0 Å². The van der Waals surface area contributed by atoms with Crippen LogP contribution in [0.5, 0.6) is 5.75 Å². The molecule has 0 aliphatic carbocycles. The van der Waals surface area contributed by atoms with Crippen LogP contribution in [0.2, 0.25) is 0 Å². The van der Waals surface area contributed by atoms with Gasteiger partial charge in [-0.1, -0.05) is 19.1 Å². The van der Waals surface area contributed by atoms with Gasteiger partial charge in [0.2, 0.25) is 0 Å². The van der Waals surface area contributed by atoms with Crippen LogP contribution in [0.4, 0.5) is 0 Å². The van der Waals surface area contributed by atoms with Crippen LogP contribution in [-0.4, -0.2) is 23.6 Å². The maximum atomic E-state index is 5.60. The maximum absolute atomic E-state index is 5.60. The van der Waals surface area contributed by atoms with Gasteiger partial charge in [-0.15, -0.1) is 0 Å². The monoisotopic (exact) mass is 271 g/mol. The van der Waals surface area contributed by atoms with Crippen molar-refractivity contribution in [3.8, 4) is 5.75 Å². The molecule has 1 heterocycles. The molecule has 0 fully saturated rings. The Morgan fingerprint density at radius 2 is 1.95 bits per heavy atom. The summed E-state index contributed by atoms with van der Waals surface area (Å²) in [5.41, 5.74) is 2.14. The average molecular weight is 271 g/mol. The second kappa shape index (κ2) is 7.01. The number of hydrogen-bond donors (Lipinski definition) is 1. The van der Waals surface area contributed by atoms with Crippen LogP contribution in [-0.2, 0) is 0 Å². The van der Waals surface area contributed by atoms with Gasteiger partial charge in [-0.2, -0.15) is 0 Å². The highest BCUT2D eigenvalue weighted by Gasteiger charge is 2.13. The normalized spacial score (nSPS) is 12.2. The molecule has 0 spiro atoms. The van der Waals surface area contributed by atoms with Gasteiger partial charge >= 0.3 is 0 Å². The highest BCUT2D eigenvalue weighted by Crippen LogP contribution is 2.22. The highest BCUT2D eigenvalue weighted by molar-refractivity contribution is 5.33. The Kier molecular flexibility index (Phi) is 5.07. The summed E-state index contributed by atoms with van der Waals surface area (Å²) in [5.74, 6) is 1.69. The van der Waals surface area contributed by atoms with E-state index in [-0.39, 0.29) is 6.04 Å². The fraction of sp³-hybridized carbons (Fsp3) is 0.375. The van der Waals surface area contributed by atoms with Crippen LogP contribution in [0.25, 0.3) is 0 Å². The van der Waals surface area contributed by atoms with Crippen LogP contribution in [0.3, 0.4) is 0 Å². The lowest BCUT2D eigenvalue weighted by atomic mass is 10.0. The van der Waals surface area contributed by atoms with Crippen LogP contribution < -0.4 is 10.1 Å². The molecule has 20 heavy (non-hydrogen) atoms. The summed E-state index contributed by atoms with van der Waals surface area (Å²) in [7, 11) is 1.93. The molecule has 4 nitrogen and oxygen atoms in total. The van der Waals surface area contributed by atoms with E-state index in [1.165, 1.54) is 0 Å². The first-order valence-electron chi connectivity index (χ1n) is 6.94. The molecule has 106 valence electrons. The Bertz CT molecular complexity index is 540. The first kappa shape index (κ1) is 14.5. The minimum absolute atomic E-state index is 0.0666. The number of aromatic nitrogens is 2. The van der Waals surface area contributed by atoms with Crippen LogP contribution in [0.15, 0.2) is 36.5 Å². The van der Waals surface area contributed by atoms with Crippen LogP contribution in [0, 0.1) is 6.92 Å². The van der Waals surface area contributed by atoms with Crippen molar-refractivity contribution in [1.29, 1.82) is 0 Å². The van der Waals surface area contributed by atoms with Gasteiger partial charge in [-0.3, -0.25) is 0 Å². The quantitative estimate of drug-likeness (QED) is 0.877. The molecular weight excluding hydrogens is 250 g/mol. The number of nitrogens with one attached hydrogen (secondary N) is 1. The number of benzene rings is 1. The van der Waals surface area contributed by atoms with Crippen molar-refractivity contribution in [3.05, 3.63) is 53.6 Å². The molecule has 0 radical (unpaired) electrons. The lowest BCUT2D eigenvalue weighted by molar-refractivity contribution is 0.317. The zero-order chi connectivity index (χ0) is 14.4. The number of ether oxygens (including phenoxy) is 1. The zero-order valence-electron chi connectivity index (χ0n) is 12.3. The van der Waals surface area contributed by atoms with Crippen LogP contribution >= 0.6 is 0 Å². The number of nitrogens with zero attached hydrogens (tertiary/aromatic N) is 2. The van der Waals surface area contributed by atoms with E-state index in [4.69, 9.17) is 4.74 Å². The molecule has 4 heteroatoms. The molecule has 0 amide bonds. The largest absolute Gasteiger partial charge is 0.494 e. The number of aryl methyl sites for hydroxylation is 1. The van der Waals surface area contributed by atoms with Gasteiger partial charge in [0.1, 0.15) is 11.6 Å². The second-order valence-corrected chi connectivity index (χ2v) is 4.67. The summed E-state index contributed by atoms with van der Waals surface area (Å²) >= 11 is 0. The second-order valence-electron chi connectivity index (χ2n) is 4.67. The fourth-order valence-corrected chi connectivity index (χ4v) is 2.10. The van der Waals surface area contributed by atoms with E-state index < -0.39 is 0 Å². The van der Waals surface area contributed by atoms with Crippen molar-refractivity contribution in [2.45, 2.75) is 26.3 Å². The summed E-state index contributed by atoms with van der Waals surface area (Å²) in [5, 5.41) is 3.29. The summed E-state index contributed by atoms with van der Waals surface area (Å²) < 4.78 is 5.60. The lowest BCUT2D eigenvalue weighted by Gasteiger charge is -2.17. The van der Waals surface area contributed by atoms with E-state index in [0.29, 0.717) is 0 Å². The van der Waals surface area contributed by atoms with Gasteiger partial charge in [0, 0.05) is 6.20 Å². The van der Waals surface area contributed by atoms with E-state index in [0.717, 1.165) is 35.9 Å². The molecule has 2 aromatic rings. The highest BCUT2D eigenvalue weighted by atomic mass is 16.5. The third-order valence-corrected chi connectivity index (χ3v) is 3.07. The molecule has 1 aromatic carbocycles. The molecule has 1 aromatic heterocycles. The first-order chi connectivity index (χ1) is 9.74. The molecule has 0 aliphatic rings. The number of hydrogen-bond acceptors (Lipinski definition) is 4. The molecule has 2 rings (SSSR count). The molecule has 1 unspecified atom stereocenters. The average Bonchev–Trinajstić information content (AvgIpc) is 2.47. The van der Waals surface area contributed by atoms with Gasteiger partial charge < -0.3 is 10.1 Å². The fourth-order valence-electron chi connectivity index (χ4n) is 2.10. The van der Waals surface area contributed by atoms with Gasteiger partial charge in [-0.05, 0) is 44.2 Å². The molecule has 0 saturated heterocycles. The van der Waals surface area contributed by atoms with Crippen molar-refractivity contribution in [1.82, 2.24) is 15.3 Å². The Hall–Kier alpha value is -1.94. The topological polar surface area (TPSA) is 47.0 Å². The summed E-state index contributed by atoms with van der Waals surface area (Å²) in [6, 6.07) is 10.2. The predicted molar refractivity (Wildman–Crippen MR) is 79.9 cm³/mol. The van der Waals surface area contributed by atoms with Crippen LogP contribution in [0.1, 0.15) is 36.5 Å². The molecule has 0 bridgehead atoms. The SMILES string of the molecule is CCCOc1ccc(C(NC)c2ccnc(C)n2)cc1. The molecule has 1 atom stereocenters. The smallest absolute Gasteiger partial charge is 0.125 e. The predicted octanol–water partition coefficient (Wildman–Crippen LogP) is 2.88. The number of rotatable bonds is 6. The lowest BCUT2D eigenvalue weighted by Crippen LogP contribution is -2.19. The standard InChI is InChI=1S/C16H21N3O/c1-4-11-20-14-7-5-13(6-8-14)16(17-3)15-9-10-18-12(2)19-15/h5-10,16-17H,4,11H2,1-3H3. The van der Waals surface area contributed by atoms with Crippen molar-refractivity contribution >= 4 is 0 Å². The van der Waals surface area contributed by atoms with Gasteiger partial charge in [0.25, 0.3) is 0 Å². The molecule has 0 saturated carbocycles. The van der Waals surface area contributed by atoms with Crippen molar-refractivity contribution < 1.29 is 4.74 Å². The minimum Gasteiger partial charge on any atom is -0.494 e. The van der Waals surface area contributed by atoms with E-state index in [1.54, 1.807) is 6.20 Å². The van der Waals surface area contributed by atoms with Gasteiger partial charge in [-0.25, -0.2) is 9.97 Å². The third-order valence-electron chi connectivity index (χ3n) is 3.07. The first-order valence-corrected chi connectivity index (χ1v) is 6.94. The Balaban J connectivity index is 2.19. The van der Waals surface area contributed by atoms with Gasteiger partial charge in [0.15, 0.2) is 0 Å². The Morgan fingerprint density at radius 1 is 1.20 bits per heavy atom. The minimum atomic E-state index is 0.0666. The van der Waals surface area contributed by atoms with Crippen molar-refractivity contribution in [2.75, 3.05) is 13.7 Å². The van der Waals surface area contributed by atoms with Crippen molar-refractivity contribution in [2.24, 2.45) is 0 Å². The van der Waals surface area contributed by atoms with Gasteiger partial charge in [0.05, 0.1) is 18.3 Å². The van der Waals surface area contributed by atoms with E-state index in [1.807, 2.05) is 32.2 Å². The third kappa shape index (κ3) is 3.54. The van der Waals surface area contributed by atoms with Crippen molar-refractivity contribution in [3.63, 3.8) is 0 Å². The van der Waals surface area contributed by atoms with E-state index >= 15 is 0 Å². The maximum Gasteiger partial charge on any atom is 0.125 e. The van der Waals surface area contributed by atoms with E-state index in [2.05, 4.69) is 34.3 Å². The molecular formula is C16H21N3O. The summed E-state index contributed by atoms with van der Waals surface area (Å²) in [6.45, 7) is 4.75. The molecule has 1 N–H and O–H groups in total.